The fraction of sp³-hybridized carbons (Fsp3) is 0.455. The number of phenolic OH excluding ortho intramolecular Hbond substituents is 2. The standard InChI is InChI=1S/C99H133N25O21S4/c1-52(125)77(87(136)118-68(23-16-37-111-95(106)107)83(132)123-79(90(139)140)97(2,3)4)121-88(137)78(98(5,6)148)122-86(135)72-24-11-12-39-124(72)89(138)70(45-56-51-149-75-25-10-9-19-60(56)75)120-84(133)69(44-53-26-27-54-17-7-8-18-55(54)43-53)119-82(131)67(22-15-36-110-94(104)105)116-80(129)65(20-13-34-108-92(100)101)115-81(130)66(21-14-35-109-93(102)103)117-85(134)71(50-146)114-76(128)49-143-42-41-142-40-38-112-96(147)113-57-28-31-62-61(46-57)91(141)145-99(62)63-32-29-58(126)47-73(63)144-74-48-59(127)30-33-64(74)99/h7-10,17-19,25-33,43,46-48,51-52,65-72,77-79,125-127,146,148H,11-16,20-24,34-42,44-45,49-50H2,1-6H3,(H,114,128)(H,115,130)(H,116,129)(H,117,134)(H,118,136)(H,119,131)(H,120,133)(H,121,137)(H,122,135)(H,123,132)(H,139,140)(H4,100,101,108)(H4,102,103,109)(H4,104,105,110)(H4,106,107,111)(H2,112,113,147)/t52-,65+,66-,67+,68+,69+,70+,71+,72+,77+,78-,79-/m1/s1. The van der Waals surface area contributed by atoms with Crippen molar-refractivity contribution in [3.05, 3.63) is 160 Å². The number of rotatable bonds is 53. The Kier molecular flexibility index (Phi) is 42.4. The number of aliphatic carboxylic acids is 1. The number of phenols is 2. The van der Waals surface area contributed by atoms with E-state index in [0.717, 1.165) is 20.9 Å². The summed E-state index contributed by atoms with van der Waals surface area (Å²) in [4.78, 5) is 191. The number of fused-ring (bicyclic) bond motifs is 8. The van der Waals surface area contributed by atoms with Gasteiger partial charge in [-0.1, -0.05) is 87.5 Å². The van der Waals surface area contributed by atoms with Gasteiger partial charge < -0.3 is 152 Å². The van der Waals surface area contributed by atoms with E-state index in [1.54, 1.807) is 69.3 Å². The van der Waals surface area contributed by atoms with Crippen LogP contribution in [-0.4, -0.2) is 280 Å². The van der Waals surface area contributed by atoms with Gasteiger partial charge in [0.25, 0.3) is 0 Å². The highest BCUT2D eigenvalue weighted by atomic mass is 32.1. The number of carboxylic acid groups (broad SMARTS) is 1. The van der Waals surface area contributed by atoms with Gasteiger partial charge in [-0.2, -0.15) is 25.3 Å². The molecule has 6 aromatic carbocycles. The number of hydrogen-bond donors (Lipinski definition) is 30. The lowest BCUT2D eigenvalue weighted by molar-refractivity contribution is -0.146. The molecule has 4 heterocycles. The van der Waals surface area contributed by atoms with Crippen LogP contribution in [0, 0.1) is 27.1 Å². The van der Waals surface area contributed by atoms with E-state index in [1.807, 2.05) is 53.9 Å². The number of thiocarbonyl (C=S) groups is 1. The number of nitrogens with one attached hydrogen (secondary N) is 20. The van der Waals surface area contributed by atoms with Gasteiger partial charge in [0.05, 0.1) is 31.5 Å². The van der Waals surface area contributed by atoms with Gasteiger partial charge in [-0.05, 0) is 184 Å². The van der Waals surface area contributed by atoms with Crippen molar-refractivity contribution < 1.29 is 102 Å². The van der Waals surface area contributed by atoms with Crippen molar-refractivity contribution in [2.24, 2.45) is 28.3 Å². The molecule has 11 amide bonds. The van der Waals surface area contributed by atoms with Crippen LogP contribution in [0.5, 0.6) is 23.0 Å². The van der Waals surface area contributed by atoms with E-state index < -0.39 is 190 Å². The zero-order chi connectivity index (χ0) is 109. The number of ether oxygens (including phenoxy) is 4. The number of nitrogens with two attached hydrogens (primary N) is 4. The molecule has 1 spiro atoms. The SMILES string of the molecule is C[C@@H](O)[C@H](NC(=O)[C@@H](NC(=O)[C@@H]1CCCCN1C(=O)[C@H](Cc1csc2ccccc12)NC(=O)[C@H](Cc1ccc2ccccc2c1)NC(=O)[C@H](CCCNC(=N)N)NC(=O)[C@H](CCCNC(=N)N)NC(=O)[C@@H](CCCNC(=N)N)NC(=O)[C@H](CS)NC(=O)COCCOCCNC(=S)Nc1ccc2c(c1)C(=O)OC21c2ccc(O)cc2Oc2cc(O)ccc21)C(C)(C)S)C(=O)N[C@@H](CCCNC(=N)N)C(=O)N[C@H](C(=O)O)C(C)(C)C. The third-order valence-corrected chi connectivity index (χ3v) is 26.6. The van der Waals surface area contributed by atoms with Crippen molar-refractivity contribution in [1.82, 2.24) is 84.7 Å². The van der Waals surface area contributed by atoms with Crippen LogP contribution < -0.4 is 113 Å². The van der Waals surface area contributed by atoms with E-state index in [1.165, 1.54) is 61.3 Å². The Bertz CT molecular complexity index is 6010. The molecule has 12 atom stereocenters. The average molecular weight is 2140 g/mol. The van der Waals surface area contributed by atoms with Gasteiger partial charge in [-0.3, -0.25) is 74.4 Å². The fourth-order valence-corrected chi connectivity index (χ4v) is 18.9. The second kappa shape index (κ2) is 54.4. The molecule has 149 heavy (non-hydrogen) atoms. The minimum absolute atomic E-state index is 0.00485. The number of carbonyl (C=O) groups excluding carboxylic acids is 12. The molecule has 0 saturated carbocycles. The molecule has 1 fully saturated rings. The van der Waals surface area contributed by atoms with Gasteiger partial charge in [0, 0.05) is 102 Å². The number of guanidine groups is 4. The van der Waals surface area contributed by atoms with Crippen LogP contribution >= 0.6 is 48.8 Å². The molecule has 46 nitrogen and oxygen atoms in total. The first-order valence-corrected chi connectivity index (χ1v) is 50.8. The highest BCUT2D eigenvalue weighted by molar-refractivity contribution is 7.82. The van der Waals surface area contributed by atoms with E-state index in [4.69, 9.17) is 88.4 Å². The number of piperidine rings is 1. The van der Waals surface area contributed by atoms with Crippen LogP contribution in [-0.2, 0) is 90.2 Å². The second-order valence-electron chi connectivity index (χ2n) is 37.8. The van der Waals surface area contributed by atoms with Gasteiger partial charge in [0.15, 0.2) is 34.6 Å². The van der Waals surface area contributed by atoms with Crippen LogP contribution in [0.1, 0.15) is 150 Å². The van der Waals surface area contributed by atoms with Crippen LogP contribution in [0.25, 0.3) is 20.9 Å². The monoisotopic (exact) mass is 2140 g/mol. The summed E-state index contributed by atoms with van der Waals surface area (Å²) in [5, 5.41) is 121. The van der Waals surface area contributed by atoms with Gasteiger partial charge in [0.2, 0.25) is 65.0 Å². The Morgan fingerprint density at radius 2 is 1.05 bits per heavy atom. The maximum absolute atomic E-state index is 16.0. The Labute approximate surface area is 880 Å². The van der Waals surface area contributed by atoms with Crippen molar-refractivity contribution >= 4 is 181 Å². The molecule has 50 heteroatoms. The van der Waals surface area contributed by atoms with E-state index >= 15 is 24.0 Å². The summed E-state index contributed by atoms with van der Waals surface area (Å²) >= 11 is 16.0. The van der Waals surface area contributed by atoms with Crippen LogP contribution in [0.15, 0.2) is 127 Å². The van der Waals surface area contributed by atoms with Gasteiger partial charge in [0.1, 0.15) is 96.1 Å². The molecule has 7 aromatic rings. The number of hydrogen-bond acceptors (Lipinski definition) is 28. The first-order chi connectivity index (χ1) is 70.7. The molecule has 0 radical (unpaired) electrons. The minimum Gasteiger partial charge on any atom is -0.508 e. The van der Waals surface area contributed by atoms with Crippen molar-refractivity contribution in [3.8, 4) is 23.0 Å². The highest BCUT2D eigenvalue weighted by Crippen LogP contribution is 2.57. The Balaban J connectivity index is 0.821. The fourth-order valence-electron chi connectivity index (χ4n) is 17.2. The largest absolute Gasteiger partial charge is 0.508 e. The number of aliphatic hydroxyl groups is 1. The van der Waals surface area contributed by atoms with Gasteiger partial charge in [-0.15, -0.1) is 11.3 Å². The number of carboxylic acids is 1. The lowest BCUT2D eigenvalue weighted by Crippen LogP contribution is -2.65. The van der Waals surface area contributed by atoms with Crippen molar-refractivity contribution in [2.45, 2.75) is 208 Å². The van der Waals surface area contributed by atoms with E-state index in [-0.39, 0.29) is 175 Å². The predicted octanol–water partition coefficient (Wildman–Crippen LogP) is 1.27. The zero-order valence-electron chi connectivity index (χ0n) is 83.2. The number of anilines is 1. The number of carbonyl (C=O) groups is 13. The van der Waals surface area contributed by atoms with E-state index in [9.17, 15) is 58.8 Å². The molecule has 0 aliphatic carbocycles. The van der Waals surface area contributed by atoms with Crippen molar-refractivity contribution in [2.75, 3.05) is 76.8 Å². The van der Waals surface area contributed by atoms with E-state index in [2.05, 4.69) is 97.7 Å². The third kappa shape index (κ3) is 33.2. The molecule has 1 aromatic heterocycles. The molecule has 3 aliphatic rings. The summed E-state index contributed by atoms with van der Waals surface area (Å²) < 4.78 is 22.8. The summed E-state index contributed by atoms with van der Waals surface area (Å²) in [7, 11) is 0. The molecule has 3 aliphatic heterocycles. The maximum atomic E-state index is 16.0. The number of likely N-dealkylation sites (tertiary alicyclic amines) is 1. The molecule has 32 N–H and O–H groups in total. The first kappa shape index (κ1) is 116. The zero-order valence-corrected chi connectivity index (χ0v) is 86.6. The molecular formula is C99H133N25O21S4. The molecule has 0 unspecified atom stereocenters. The Morgan fingerprint density at radius 3 is 1.58 bits per heavy atom. The average Bonchev–Trinajstić information content (AvgIpc) is 1.56. The molecule has 804 valence electrons. The number of aliphatic hydroxyl groups excluding tert-OH is 1. The predicted molar refractivity (Wildman–Crippen MR) is 568 cm³/mol. The Morgan fingerprint density at radius 1 is 0.544 bits per heavy atom. The summed E-state index contributed by atoms with van der Waals surface area (Å²) in [6.45, 7) is 8.55. The molecule has 10 rings (SSSR count). The summed E-state index contributed by atoms with van der Waals surface area (Å²) in [5.41, 5.74) is 23.2. The topological polar surface area (TPSA) is 735 Å². The smallest absolute Gasteiger partial charge is 0.340 e. The highest BCUT2D eigenvalue weighted by Gasteiger charge is 2.54. The number of thiophene rings is 1. The molecule has 1 saturated heterocycles. The summed E-state index contributed by atoms with van der Waals surface area (Å²) in [5.74, 6) is -13.8. The minimum atomic E-state index is -1.83. The van der Waals surface area contributed by atoms with Gasteiger partial charge in [-0.25, -0.2) is 9.59 Å². The number of benzene rings is 6. The number of nitrogens with zero attached hydrogens (tertiary/aromatic N) is 1. The number of amides is 11. The third-order valence-electron chi connectivity index (χ3n) is 24.8. The van der Waals surface area contributed by atoms with Crippen LogP contribution in [0.4, 0.5) is 5.69 Å². The van der Waals surface area contributed by atoms with Crippen molar-refractivity contribution in [3.63, 3.8) is 0 Å². The summed E-state index contributed by atoms with van der Waals surface area (Å²) in [6, 6.07) is 17.0. The maximum Gasteiger partial charge on any atom is 0.340 e. The number of thiol groups is 2. The Hall–Kier alpha value is -14.6. The van der Waals surface area contributed by atoms with Crippen LogP contribution in [0.3, 0.4) is 0 Å². The van der Waals surface area contributed by atoms with E-state index in [0.29, 0.717) is 46.3 Å². The quantitative estimate of drug-likeness (QED) is 0.00637. The molecular weight excluding hydrogens is 2000 g/mol. The summed E-state index contributed by atoms with van der Waals surface area (Å²) in [6.07, 6.45) is -1.90. The normalized spacial score (nSPS) is 15.5. The second-order valence-corrected chi connectivity index (χ2v) is 40.6. The lowest BCUT2D eigenvalue weighted by Gasteiger charge is -2.39. The first-order valence-electron chi connectivity index (χ1n) is 48.5. The van der Waals surface area contributed by atoms with Crippen LogP contribution in [0.2, 0.25) is 0 Å². The lowest BCUT2D eigenvalue weighted by atomic mass is 9.77. The van der Waals surface area contributed by atoms with Gasteiger partial charge >= 0.3 is 11.9 Å². The van der Waals surface area contributed by atoms with Crippen molar-refractivity contribution in [1.29, 1.82) is 21.6 Å². The number of esters is 1. The number of aromatic hydroxyl groups is 2. The molecule has 0 bridgehead atoms.